The molecule has 1 aliphatic heterocycles. The highest BCUT2D eigenvalue weighted by Crippen LogP contribution is 2.15. The molecule has 0 bridgehead atoms. The van der Waals surface area contributed by atoms with Crippen LogP contribution in [0.15, 0.2) is 12.2 Å². The van der Waals surface area contributed by atoms with Gasteiger partial charge in [-0.05, 0) is 12.8 Å². The number of likely N-dealkylation sites (tertiary alicyclic amines) is 1. The van der Waals surface area contributed by atoms with Crippen molar-refractivity contribution in [2.75, 3.05) is 19.7 Å². The Kier molecular flexibility index (Phi) is 4.34. The van der Waals surface area contributed by atoms with Crippen LogP contribution in [-0.2, 0) is 14.3 Å². The molecule has 84 valence electrons. The monoisotopic (exact) mass is 211 g/mol. The minimum Gasteiger partial charge on any atom is -0.463 e. The maximum Gasteiger partial charge on any atom is 0.330 e. The van der Waals surface area contributed by atoms with Gasteiger partial charge in [-0.1, -0.05) is 13.0 Å². The van der Waals surface area contributed by atoms with Gasteiger partial charge in [-0.15, -0.1) is 0 Å². The summed E-state index contributed by atoms with van der Waals surface area (Å²) in [4.78, 5) is 24.1. The highest BCUT2D eigenvalue weighted by molar-refractivity contribution is 5.82. The summed E-state index contributed by atoms with van der Waals surface area (Å²) < 4.78 is 4.73. The second-order valence-electron chi connectivity index (χ2n) is 3.76. The molecule has 4 heteroatoms. The van der Waals surface area contributed by atoms with Crippen LogP contribution < -0.4 is 0 Å². The fraction of sp³-hybridized carbons (Fsp3) is 0.636. The van der Waals surface area contributed by atoms with Gasteiger partial charge in [-0.3, -0.25) is 4.79 Å². The predicted octanol–water partition coefficient (Wildman–Crippen LogP) is 0.974. The molecule has 1 saturated heterocycles. The van der Waals surface area contributed by atoms with E-state index in [0.717, 1.165) is 6.54 Å². The second-order valence-corrected chi connectivity index (χ2v) is 3.76. The molecular weight excluding hydrogens is 194 g/mol. The first-order valence-electron chi connectivity index (χ1n) is 5.24. The van der Waals surface area contributed by atoms with Crippen molar-refractivity contribution in [1.29, 1.82) is 0 Å². The van der Waals surface area contributed by atoms with E-state index in [1.165, 1.54) is 6.08 Å². The maximum atomic E-state index is 11.4. The number of carbonyl (C=O) groups excluding carboxylic acids is 2. The number of hydrogen-bond donors (Lipinski definition) is 0. The molecule has 1 amide bonds. The van der Waals surface area contributed by atoms with Crippen molar-refractivity contribution in [2.24, 2.45) is 5.92 Å². The number of amides is 1. The number of esters is 1. The van der Waals surface area contributed by atoms with Crippen molar-refractivity contribution in [1.82, 2.24) is 4.90 Å². The van der Waals surface area contributed by atoms with E-state index in [1.54, 1.807) is 17.9 Å². The lowest BCUT2D eigenvalue weighted by molar-refractivity contribution is -0.137. The van der Waals surface area contributed by atoms with Crippen LogP contribution in [0.4, 0.5) is 0 Å². The molecule has 1 unspecified atom stereocenters. The third-order valence-corrected chi connectivity index (χ3v) is 2.27. The Hall–Kier alpha value is -1.32. The van der Waals surface area contributed by atoms with Gasteiger partial charge in [0.1, 0.15) is 0 Å². The van der Waals surface area contributed by atoms with E-state index in [4.69, 9.17) is 4.74 Å². The summed E-state index contributed by atoms with van der Waals surface area (Å²) in [5, 5.41) is 0. The third-order valence-electron chi connectivity index (χ3n) is 2.27. The molecule has 0 saturated carbocycles. The summed E-state index contributed by atoms with van der Waals surface area (Å²) in [7, 11) is 0. The first kappa shape index (κ1) is 11.8. The van der Waals surface area contributed by atoms with Crippen molar-refractivity contribution in [2.45, 2.75) is 20.3 Å². The topological polar surface area (TPSA) is 46.6 Å². The molecule has 0 aromatic heterocycles. The lowest BCUT2D eigenvalue weighted by Crippen LogP contribution is -2.25. The molecule has 1 aliphatic rings. The first-order valence-corrected chi connectivity index (χ1v) is 5.24. The summed E-state index contributed by atoms with van der Waals surface area (Å²) >= 11 is 0. The molecule has 0 radical (unpaired) electrons. The lowest BCUT2D eigenvalue weighted by Gasteiger charge is -2.12. The summed E-state index contributed by atoms with van der Waals surface area (Å²) in [5.74, 6) is 0.238. The van der Waals surface area contributed by atoms with Crippen LogP contribution in [-0.4, -0.2) is 36.5 Å². The minimum atomic E-state index is -0.350. The van der Waals surface area contributed by atoms with E-state index in [9.17, 15) is 9.59 Å². The zero-order valence-electron chi connectivity index (χ0n) is 9.23. The van der Waals surface area contributed by atoms with Crippen molar-refractivity contribution < 1.29 is 14.3 Å². The number of nitrogens with zero attached hydrogens (tertiary/aromatic N) is 1. The maximum absolute atomic E-state index is 11.4. The van der Waals surface area contributed by atoms with Gasteiger partial charge in [0, 0.05) is 25.6 Å². The van der Waals surface area contributed by atoms with E-state index in [0.29, 0.717) is 25.5 Å². The average Bonchev–Trinajstić information content (AvgIpc) is 2.46. The van der Waals surface area contributed by atoms with Gasteiger partial charge >= 0.3 is 5.97 Å². The Morgan fingerprint density at radius 2 is 2.40 bits per heavy atom. The third kappa shape index (κ3) is 3.73. The summed E-state index contributed by atoms with van der Waals surface area (Å²) in [5.41, 5.74) is 0. The molecule has 0 N–H and O–H groups in total. The number of hydrogen-bond acceptors (Lipinski definition) is 3. The largest absolute Gasteiger partial charge is 0.463 e. The molecule has 1 rings (SSSR count). The van der Waals surface area contributed by atoms with E-state index in [1.807, 2.05) is 6.92 Å². The fourth-order valence-electron chi connectivity index (χ4n) is 1.61. The summed E-state index contributed by atoms with van der Waals surface area (Å²) in [6, 6.07) is 0. The highest BCUT2D eigenvalue weighted by Gasteiger charge is 2.24. The highest BCUT2D eigenvalue weighted by atomic mass is 16.5. The van der Waals surface area contributed by atoms with Crippen LogP contribution in [0.5, 0.6) is 0 Å². The van der Waals surface area contributed by atoms with Crippen LogP contribution in [0.3, 0.4) is 0 Å². The van der Waals surface area contributed by atoms with E-state index in [2.05, 4.69) is 0 Å². The zero-order valence-corrected chi connectivity index (χ0v) is 9.23. The number of rotatable bonds is 4. The molecule has 0 spiro atoms. The van der Waals surface area contributed by atoms with Gasteiger partial charge in [0.05, 0.1) is 6.61 Å². The molecule has 1 heterocycles. The van der Waals surface area contributed by atoms with Crippen LogP contribution in [0.25, 0.3) is 0 Å². The summed E-state index contributed by atoms with van der Waals surface area (Å²) in [6.45, 7) is 5.47. The van der Waals surface area contributed by atoms with Crippen molar-refractivity contribution in [3.8, 4) is 0 Å². The summed E-state index contributed by atoms with van der Waals surface area (Å²) in [6.07, 6.45) is 3.67. The Bertz CT molecular complexity index is 273. The molecule has 0 aliphatic carbocycles. The van der Waals surface area contributed by atoms with Gasteiger partial charge in [-0.2, -0.15) is 0 Å². The molecule has 1 atom stereocenters. The van der Waals surface area contributed by atoms with E-state index >= 15 is 0 Å². The molecule has 0 aromatic rings. The van der Waals surface area contributed by atoms with Gasteiger partial charge in [0.15, 0.2) is 0 Å². The fourth-order valence-corrected chi connectivity index (χ4v) is 1.61. The smallest absolute Gasteiger partial charge is 0.330 e. The minimum absolute atomic E-state index is 0.163. The predicted molar refractivity (Wildman–Crippen MR) is 56.1 cm³/mol. The SMILES string of the molecule is CCOC(=O)/C=C/CN1CC(C)CC1=O. The van der Waals surface area contributed by atoms with Crippen molar-refractivity contribution in [3.05, 3.63) is 12.2 Å². The second kappa shape index (κ2) is 5.53. The Labute approximate surface area is 89.9 Å². The molecule has 0 aromatic carbocycles. The Morgan fingerprint density at radius 3 is 2.93 bits per heavy atom. The Morgan fingerprint density at radius 1 is 1.67 bits per heavy atom. The zero-order chi connectivity index (χ0) is 11.3. The molecular formula is C11H17NO3. The molecule has 4 nitrogen and oxygen atoms in total. The van der Waals surface area contributed by atoms with Gasteiger partial charge in [0.25, 0.3) is 0 Å². The first-order chi connectivity index (χ1) is 7.13. The molecule has 15 heavy (non-hydrogen) atoms. The standard InChI is InChI=1S/C11H17NO3/c1-3-15-11(14)5-4-6-12-8-9(2)7-10(12)13/h4-5,9H,3,6-8H2,1-2H3/b5-4+. The molecule has 1 fully saturated rings. The Balaban J connectivity index is 2.31. The quantitative estimate of drug-likeness (QED) is 0.514. The van der Waals surface area contributed by atoms with E-state index in [-0.39, 0.29) is 11.9 Å². The van der Waals surface area contributed by atoms with Crippen LogP contribution in [0.1, 0.15) is 20.3 Å². The lowest BCUT2D eigenvalue weighted by atomic mass is 10.2. The van der Waals surface area contributed by atoms with Crippen molar-refractivity contribution in [3.63, 3.8) is 0 Å². The average molecular weight is 211 g/mol. The van der Waals surface area contributed by atoms with Crippen LogP contribution >= 0.6 is 0 Å². The van der Waals surface area contributed by atoms with Gasteiger partial charge < -0.3 is 9.64 Å². The van der Waals surface area contributed by atoms with Gasteiger partial charge in [-0.25, -0.2) is 4.79 Å². The normalized spacial score (nSPS) is 21.3. The number of carbonyl (C=O) groups is 2. The van der Waals surface area contributed by atoms with E-state index < -0.39 is 0 Å². The van der Waals surface area contributed by atoms with Gasteiger partial charge in [0.2, 0.25) is 5.91 Å². The van der Waals surface area contributed by atoms with Crippen LogP contribution in [0, 0.1) is 5.92 Å². The number of ether oxygens (including phenoxy) is 1. The van der Waals surface area contributed by atoms with Crippen molar-refractivity contribution >= 4 is 11.9 Å². The van der Waals surface area contributed by atoms with Crippen LogP contribution in [0.2, 0.25) is 0 Å².